The summed E-state index contributed by atoms with van der Waals surface area (Å²) in [7, 11) is 0. The van der Waals surface area contributed by atoms with Crippen LogP contribution >= 0.6 is 0 Å². The van der Waals surface area contributed by atoms with E-state index in [-0.39, 0.29) is 5.91 Å². The number of pyridine rings is 1. The van der Waals surface area contributed by atoms with Crippen LogP contribution < -0.4 is 5.48 Å². The lowest BCUT2D eigenvalue weighted by molar-refractivity contribution is 0.0364. The molecule has 0 saturated heterocycles. The molecule has 0 saturated carbocycles. The number of amides is 1. The normalized spacial score (nSPS) is 9.42. The van der Waals surface area contributed by atoms with Crippen molar-refractivity contribution in [2.45, 2.75) is 6.92 Å². The average molecular weight is 166 g/mol. The standard InChI is InChI=1S/C8H10N2O2/c1-2-12-10-8(11)7-3-5-9-6-4-7/h3-6H,2H2,1H3,(H,10,11). The summed E-state index contributed by atoms with van der Waals surface area (Å²) < 4.78 is 0. The van der Waals surface area contributed by atoms with Crippen LogP contribution in [0.2, 0.25) is 0 Å². The van der Waals surface area contributed by atoms with E-state index in [0.29, 0.717) is 12.2 Å². The van der Waals surface area contributed by atoms with Gasteiger partial charge in [0, 0.05) is 18.0 Å². The third-order valence-electron chi connectivity index (χ3n) is 1.25. The van der Waals surface area contributed by atoms with Gasteiger partial charge in [0.25, 0.3) is 5.91 Å². The summed E-state index contributed by atoms with van der Waals surface area (Å²) in [5.74, 6) is -0.251. The predicted molar refractivity (Wildman–Crippen MR) is 43.3 cm³/mol. The zero-order valence-electron chi connectivity index (χ0n) is 6.78. The second-order valence-electron chi connectivity index (χ2n) is 2.10. The lowest BCUT2D eigenvalue weighted by Gasteiger charge is -2.01. The van der Waals surface area contributed by atoms with E-state index in [0.717, 1.165) is 0 Å². The summed E-state index contributed by atoms with van der Waals surface area (Å²) in [6.07, 6.45) is 3.11. The molecule has 1 N–H and O–H groups in total. The number of hydrogen-bond acceptors (Lipinski definition) is 3. The van der Waals surface area contributed by atoms with Crippen molar-refractivity contribution in [3.8, 4) is 0 Å². The first-order valence-electron chi connectivity index (χ1n) is 3.66. The highest BCUT2D eigenvalue weighted by Gasteiger charge is 2.02. The number of aromatic nitrogens is 1. The molecule has 1 amide bonds. The molecule has 1 heterocycles. The van der Waals surface area contributed by atoms with Crippen LogP contribution in [-0.2, 0) is 4.84 Å². The SMILES string of the molecule is CCONC(=O)c1ccncc1. The van der Waals surface area contributed by atoms with E-state index in [1.807, 2.05) is 0 Å². The van der Waals surface area contributed by atoms with Crippen molar-refractivity contribution >= 4 is 5.91 Å². The molecular formula is C8H10N2O2. The molecule has 0 aromatic carbocycles. The van der Waals surface area contributed by atoms with Gasteiger partial charge in [-0.1, -0.05) is 0 Å². The number of nitrogens with zero attached hydrogens (tertiary/aromatic N) is 1. The number of nitrogens with one attached hydrogen (secondary N) is 1. The zero-order valence-corrected chi connectivity index (χ0v) is 6.78. The molecule has 1 aromatic heterocycles. The first kappa shape index (κ1) is 8.67. The highest BCUT2D eigenvalue weighted by Crippen LogP contribution is 1.94. The van der Waals surface area contributed by atoms with Crippen LogP contribution in [0, 0.1) is 0 Å². The molecule has 0 fully saturated rings. The number of carbonyl (C=O) groups is 1. The van der Waals surface area contributed by atoms with Crippen molar-refractivity contribution < 1.29 is 9.63 Å². The highest BCUT2D eigenvalue weighted by molar-refractivity contribution is 5.93. The van der Waals surface area contributed by atoms with Crippen molar-refractivity contribution in [1.82, 2.24) is 10.5 Å². The van der Waals surface area contributed by atoms with Gasteiger partial charge in [0.1, 0.15) is 0 Å². The third-order valence-corrected chi connectivity index (χ3v) is 1.25. The average Bonchev–Trinajstić information content (AvgIpc) is 2.15. The Hall–Kier alpha value is -1.42. The van der Waals surface area contributed by atoms with Gasteiger partial charge in [-0.3, -0.25) is 14.6 Å². The van der Waals surface area contributed by atoms with Crippen LogP contribution in [0.1, 0.15) is 17.3 Å². The Labute approximate surface area is 70.5 Å². The minimum atomic E-state index is -0.251. The Kier molecular flexibility index (Phi) is 3.22. The van der Waals surface area contributed by atoms with Crippen LogP contribution in [0.3, 0.4) is 0 Å². The quantitative estimate of drug-likeness (QED) is 0.674. The van der Waals surface area contributed by atoms with Crippen LogP contribution in [0.25, 0.3) is 0 Å². The molecule has 1 rings (SSSR count). The molecule has 0 bridgehead atoms. The van der Waals surface area contributed by atoms with E-state index in [9.17, 15) is 4.79 Å². The minimum absolute atomic E-state index is 0.251. The van der Waals surface area contributed by atoms with Crippen molar-refractivity contribution in [2.24, 2.45) is 0 Å². The van der Waals surface area contributed by atoms with Crippen LogP contribution in [0.15, 0.2) is 24.5 Å². The molecule has 64 valence electrons. The number of hydroxylamine groups is 1. The van der Waals surface area contributed by atoms with Gasteiger partial charge in [0.15, 0.2) is 0 Å². The Bertz CT molecular complexity index is 248. The Balaban J connectivity index is 2.54. The zero-order chi connectivity index (χ0) is 8.81. The van der Waals surface area contributed by atoms with E-state index in [1.165, 1.54) is 0 Å². The lowest BCUT2D eigenvalue weighted by atomic mass is 10.3. The summed E-state index contributed by atoms with van der Waals surface area (Å²) in [6, 6.07) is 3.24. The van der Waals surface area contributed by atoms with Gasteiger partial charge < -0.3 is 0 Å². The van der Waals surface area contributed by atoms with Gasteiger partial charge in [-0.2, -0.15) is 0 Å². The summed E-state index contributed by atoms with van der Waals surface area (Å²) in [5.41, 5.74) is 2.82. The van der Waals surface area contributed by atoms with Gasteiger partial charge in [-0.25, -0.2) is 5.48 Å². The predicted octanol–water partition coefficient (Wildman–Crippen LogP) is 0.763. The molecule has 0 spiro atoms. The number of rotatable bonds is 3. The molecule has 0 radical (unpaired) electrons. The fourth-order valence-corrected chi connectivity index (χ4v) is 0.700. The second-order valence-corrected chi connectivity index (χ2v) is 2.10. The maximum Gasteiger partial charge on any atom is 0.274 e. The maximum atomic E-state index is 11.1. The summed E-state index contributed by atoms with van der Waals surface area (Å²) in [5, 5.41) is 0. The summed E-state index contributed by atoms with van der Waals surface area (Å²) >= 11 is 0. The summed E-state index contributed by atoms with van der Waals surface area (Å²) in [6.45, 7) is 2.25. The highest BCUT2D eigenvalue weighted by atomic mass is 16.6. The Morgan fingerprint density at radius 2 is 2.25 bits per heavy atom. The van der Waals surface area contributed by atoms with Gasteiger partial charge in [0.2, 0.25) is 0 Å². The molecule has 4 nitrogen and oxygen atoms in total. The molecule has 0 aliphatic heterocycles. The molecular weight excluding hydrogens is 156 g/mol. The minimum Gasteiger partial charge on any atom is -0.274 e. The topological polar surface area (TPSA) is 51.2 Å². The number of hydrogen-bond donors (Lipinski definition) is 1. The Morgan fingerprint density at radius 3 is 2.83 bits per heavy atom. The first-order valence-corrected chi connectivity index (χ1v) is 3.66. The fraction of sp³-hybridized carbons (Fsp3) is 0.250. The van der Waals surface area contributed by atoms with Crippen molar-refractivity contribution in [3.63, 3.8) is 0 Å². The molecule has 0 unspecified atom stereocenters. The molecule has 0 aliphatic rings. The van der Waals surface area contributed by atoms with E-state index in [4.69, 9.17) is 4.84 Å². The van der Waals surface area contributed by atoms with Crippen molar-refractivity contribution in [1.29, 1.82) is 0 Å². The smallest absolute Gasteiger partial charge is 0.274 e. The fourth-order valence-electron chi connectivity index (χ4n) is 0.700. The lowest BCUT2D eigenvalue weighted by Crippen LogP contribution is -2.23. The monoisotopic (exact) mass is 166 g/mol. The molecule has 0 atom stereocenters. The van der Waals surface area contributed by atoms with Crippen molar-refractivity contribution in [3.05, 3.63) is 30.1 Å². The largest absolute Gasteiger partial charge is 0.274 e. The maximum absolute atomic E-state index is 11.1. The van der Waals surface area contributed by atoms with Gasteiger partial charge in [0.05, 0.1) is 6.61 Å². The van der Waals surface area contributed by atoms with E-state index >= 15 is 0 Å². The molecule has 0 aliphatic carbocycles. The van der Waals surface area contributed by atoms with E-state index in [1.54, 1.807) is 31.5 Å². The van der Waals surface area contributed by atoms with Crippen LogP contribution in [0.4, 0.5) is 0 Å². The molecule has 12 heavy (non-hydrogen) atoms. The van der Waals surface area contributed by atoms with Crippen LogP contribution in [-0.4, -0.2) is 17.5 Å². The van der Waals surface area contributed by atoms with Gasteiger partial charge in [-0.05, 0) is 19.1 Å². The Morgan fingerprint density at radius 1 is 1.58 bits per heavy atom. The molecule has 1 aromatic rings. The van der Waals surface area contributed by atoms with E-state index < -0.39 is 0 Å². The third kappa shape index (κ3) is 2.32. The van der Waals surface area contributed by atoms with Gasteiger partial charge in [-0.15, -0.1) is 0 Å². The van der Waals surface area contributed by atoms with Crippen molar-refractivity contribution in [2.75, 3.05) is 6.61 Å². The summed E-state index contributed by atoms with van der Waals surface area (Å²) in [4.78, 5) is 19.7. The van der Waals surface area contributed by atoms with Crippen LogP contribution in [0.5, 0.6) is 0 Å². The second kappa shape index (κ2) is 4.46. The molecule has 4 heteroatoms. The van der Waals surface area contributed by atoms with Gasteiger partial charge >= 0.3 is 0 Å². The van der Waals surface area contributed by atoms with E-state index in [2.05, 4.69) is 10.5 Å². The number of carbonyl (C=O) groups excluding carboxylic acids is 1. The first-order chi connectivity index (χ1) is 5.84.